The predicted octanol–water partition coefficient (Wildman–Crippen LogP) is 7.94. The number of morpholine rings is 1. The SMILES string of the molecule is CCN(CC)c1ccc2c(c1)OC(=O)N(c1ccc(Cl)c(Cl)c1)[P@]2(=Nc1ccc(Br)cc1)N1CCOCC1. The number of halogens is 3. The quantitative estimate of drug-likeness (QED) is 0.257. The van der Waals surface area contributed by atoms with Crippen molar-refractivity contribution in [3.63, 3.8) is 0 Å². The van der Waals surface area contributed by atoms with E-state index in [4.69, 9.17) is 37.4 Å². The molecule has 0 aromatic heterocycles. The minimum absolute atomic E-state index is 0.350. The van der Waals surface area contributed by atoms with E-state index in [2.05, 4.69) is 51.5 Å². The highest BCUT2D eigenvalue weighted by atomic mass is 79.9. The normalized spacial score (nSPS) is 19.6. The summed E-state index contributed by atoms with van der Waals surface area (Å²) in [6.45, 7) is 8.18. The number of fused-ring (bicyclic) bond motifs is 1. The Bertz CT molecular complexity index is 1400. The van der Waals surface area contributed by atoms with Crippen molar-refractivity contribution in [3.8, 4) is 5.75 Å². The molecule has 2 heterocycles. The minimum atomic E-state index is -2.98. The Morgan fingerprint density at radius 3 is 2.34 bits per heavy atom. The van der Waals surface area contributed by atoms with Crippen molar-refractivity contribution in [1.82, 2.24) is 4.67 Å². The molecule has 200 valence electrons. The molecule has 3 aromatic carbocycles. The van der Waals surface area contributed by atoms with Crippen LogP contribution in [0, 0.1) is 0 Å². The zero-order valence-corrected chi connectivity index (χ0v) is 25.1. The summed E-state index contributed by atoms with van der Waals surface area (Å²) in [6.07, 6.45) is -0.506. The van der Waals surface area contributed by atoms with Crippen LogP contribution in [0.2, 0.25) is 10.0 Å². The lowest BCUT2D eigenvalue weighted by atomic mass is 10.2. The number of benzene rings is 3. The van der Waals surface area contributed by atoms with Crippen molar-refractivity contribution >= 4 is 74.9 Å². The van der Waals surface area contributed by atoms with Crippen LogP contribution in [0.5, 0.6) is 5.75 Å². The van der Waals surface area contributed by atoms with Crippen molar-refractivity contribution in [2.75, 3.05) is 49.0 Å². The van der Waals surface area contributed by atoms with E-state index in [1.807, 2.05) is 30.3 Å². The number of carbonyl (C=O) groups excluding carboxylic acids is 1. The van der Waals surface area contributed by atoms with Gasteiger partial charge in [0.25, 0.3) is 0 Å². The maximum Gasteiger partial charge on any atom is 0.425 e. The molecule has 0 aliphatic carbocycles. The van der Waals surface area contributed by atoms with Gasteiger partial charge in [0, 0.05) is 42.4 Å². The Labute approximate surface area is 241 Å². The predicted molar refractivity (Wildman–Crippen MR) is 160 cm³/mol. The Kier molecular flexibility index (Phi) is 8.39. The summed E-state index contributed by atoms with van der Waals surface area (Å²) >= 11 is 16.2. The highest BCUT2D eigenvalue weighted by Gasteiger charge is 2.47. The first-order valence-corrected chi connectivity index (χ1v) is 15.6. The molecule has 1 atom stereocenters. The molecule has 2 aliphatic rings. The first-order valence-electron chi connectivity index (χ1n) is 12.5. The lowest BCUT2D eigenvalue weighted by Gasteiger charge is -2.47. The van der Waals surface area contributed by atoms with Crippen LogP contribution in [-0.4, -0.2) is 50.2 Å². The lowest BCUT2D eigenvalue weighted by Crippen LogP contribution is -2.49. The van der Waals surface area contributed by atoms with Crippen LogP contribution >= 0.6 is 46.5 Å². The lowest BCUT2D eigenvalue weighted by molar-refractivity contribution is 0.0742. The molecule has 7 nitrogen and oxygen atoms in total. The van der Waals surface area contributed by atoms with E-state index in [0.29, 0.717) is 47.8 Å². The molecule has 0 radical (unpaired) electrons. The summed E-state index contributed by atoms with van der Waals surface area (Å²) in [4.78, 5) is 16.2. The highest BCUT2D eigenvalue weighted by Crippen LogP contribution is 2.63. The molecule has 3 aromatic rings. The summed E-state index contributed by atoms with van der Waals surface area (Å²) in [5.41, 5.74) is 2.32. The zero-order valence-electron chi connectivity index (χ0n) is 21.1. The van der Waals surface area contributed by atoms with E-state index >= 15 is 0 Å². The Balaban J connectivity index is 1.83. The summed E-state index contributed by atoms with van der Waals surface area (Å²) < 4.78 is 22.1. The Hall–Kier alpha value is -2.06. The molecule has 1 saturated heterocycles. The number of carbonyl (C=O) groups is 1. The first-order chi connectivity index (χ1) is 18.4. The molecule has 1 amide bonds. The van der Waals surface area contributed by atoms with Crippen LogP contribution in [0.1, 0.15) is 13.8 Å². The molecule has 0 bridgehead atoms. The molecule has 11 heteroatoms. The van der Waals surface area contributed by atoms with Crippen LogP contribution in [0.15, 0.2) is 69.9 Å². The van der Waals surface area contributed by atoms with Gasteiger partial charge < -0.3 is 14.4 Å². The highest BCUT2D eigenvalue weighted by molar-refractivity contribution is 9.10. The van der Waals surface area contributed by atoms with Crippen molar-refractivity contribution in [2.45, 2.75) is 13.8 Å². The molecule has 0 saturated carbocycles. The van der Waals surface area contributed by atoms with E-state index in [-0.39, 0.29) is 0 Å². The monoisotopic (exact) mass is 636 g/mol. The van der Waals surface area contributed by atoms with Crippen molar-refractivity contribution < 1.29 is 14.3 Å². The maximum atomic E-state index is 14.0. The second-order valence-electron chi connectivity index (χ2n) is 8.81. The third kappa shape index (κ3) is 5.10. The van der Waals surface area contributed by atoms with Gasteiger partial charge in [-0.1, -0.05) is 39.1 Å². The van der Waals surface area contributed by atoms with Gasteiger partial charge in [-0.15, -0.1) is 0 Å². The van der Waals surface area contributed by atoms with Gasteiger partial charge in [0.15, 0.2) is 7.36 Å². The third-order valence-corrected chi connectivity index (χ3v) is 11.6. The van der Waals surface area contributed by atoms with Gasteiger partial charge in [0.05, 0.1) is 39.9 Å². The number of rotatable bonds is 6. The van der Waals surface area contributed by atoms with Crippen LogP contribution < -0.4 is 19.6 Å². The van der Waals surface area contributed by atoms with Gasteiger partial charge in [-0.05, 0) is 68.4 Å². The van der Waals surface area contributed by atoms with Gasteiger partial charge in [-0.2, -0.15) is 0 Å². The molecule has 0 N–H and O–H groups in total. The first kappa shape index (κ1) is 27.5. The molecule has 0 unspecified atom stereocenters. The van der Waals surface area contributed by atoms with Crippen LogP contribution in [0.25, 0.3) is 0 Å². The van der Waals surface area contributed by atoms with Crippen LogP contribution in [-0.2, 0) is 4.74 Å². The van der Waals surface area contributed by atoms with Crippen molar-refractivity contribution in [1.29, 1.82) is 0 Å². The van der Waals surface area contributed by atoms with E-state index in [9.17, 15) is 4.79 Å². The average molecular weight is 638 g/mol. The number of amides is 1. The number of hydrogen-bond donors (Lipinski definition) is 0. The maximum absolute atomic E-state index is 14.0. The third-order valence-electron chi connectivity index (χ3n) is 6.66. The molecule has 2 aliphatic heterocycles. The summed E-state index contributed by atoms with van der Waals surface area (Å²) in [6, 6.07) is 19.1. The number of nitrogens with zero attached hydrogens (tertiary/aromatic N) is 4. The van der Waals surface area contributed by atoms with E-state index in [1.54, 1.807) is 22.9 Å². The largest absolute Gasteiger partial charge is 0.425 e. The van der Waals surface area contributed by atoms with Gasteiger partial charge in [-0.25, -0.2) is 18.9 Å². The van der Waals surface area contributed by atoms with Crippen molar-refractivity contribution in [2.24, 2.45) is 4.74 Å². The number of ether oxygens (including phenoxy) is 2. The fourth-order valence-corrected chi connectivity index (χ4v) is 9.03. The summed E-state index contributed by atoms with van der Waals surface area (Å²) in [7, 11) is -2.98. The smallest absolute Gasteiger partial charge is 0.409 e. The standard InChI is InChI=1S/C27H28BrCl2N4O3P/c1-3-32(4-2)21-10-12-26-25(18-21)37-27(35)34(22-9-11-23(29)24(30)17-22)38(26,33-13-15-36-16-14-33)31-20-7-5-19(28)6-8-20/h5-12,17-18H,3-4,13-16H2,1-2H3/t38-/m1/s1. The average Bonchev–Trinajstić information content (AvgIpc) is 2.92. The van der Waals surface area contributed by atoms with E-state index in [1.165, 1.54) is 0 Å². The molecular formula is C27H28BrCl2N4O3P. The van der Waals surface area contributed by atoms with Gasteiger partial charge >= 0.3 is 6.09 Å². The fourth-order valence-electron chi connectivity index (χ4n) is 4.80. The van der Waals surface area contributed by atoms with Crippen LogP contribution in [0.3, 0.4) is 0 Å². The second kappa shape index (κ2) is 11.6. The van der Waals surface area contributed by atoms with Gasteiger partial charge in [-0.3, -0.25) is 0 Å². The zero-order chi connectivity index (χ0) is 26.9. The number of hydrogen-bond acceptors (Lipinski definition) is 5. The number of anilines is 2. The summed E-state index contributed by atoms with van der Waals surface area (Å²) in [5.74, 6) is 0.524. The van der Waals surface area contributed by atoms with Crippen LogP contribution in [0.4, 0.5) is 21.9 Å². The van der Waals surface area contributed by atoms with Gasteiger partial charge in [0.1, 0.15) is 5.75 Å². The van der Waals surface area contributed by atoms with E-state index < -0.39 is 13.4 Å². The Morgan fingerprint density at radius 2 is 1.68 bits per heavy atom. The fraction of sp³-hybridized carbons (Fsp3) is 0.296. The molecule has 38 heavy (non-hydrogen) atoms. The van der Waals surface area contributed by atoms with E-state index in [0.717, 1.165) is 34.2 Å². The molecule has 1 fully saturated rings. The molecule has 0 spiro atoms. The summed E-state index contributed by atoms with van der Waals surface area (Å²) in [5, 5.41) is 1.62. The Morgan fingerprint density at radius 1 is 0.974 bits per heavy atom. The molecule has 5 rings (SSSR count). The second-order valence-corrected chi connectivity index (χ2v) is 13.3. The topological polar surface area (TPSA) is 57.6 Å². The minimum Gasteiger partial charge on any atom is -0.409 e. The van der Waals surface area contributed by atoms with Gasteiger partial charge in [0.2, 0.25) is 0 Å². The van der Waals surface area contributed by atoms with Crippen molar-refractivity contribution in [3.05, 3.63) is 75.2 Å². The molecular weight excluding hydrogens is 610 g/mol.